The zero-order valence-corrected chi connectivity index (χ0v) is 15.0. The van der Waals surface area contributed by atoms with Crippen LogP contribution in [0.3, 0.4) is 0 Å². The second-order valence-electron chi connectivity index (χ2n) is 5.10. The summed E-state index contributed by atoms with van der Waals surface area (Å²) in [5.41, 5.74) is -0.0265. The molecule has 25 heavy (non-hydrogen) atoms. The van der Waals surface area contributed by atoms with Crippen LogP contribution in [0, 0.1) is 0 Å². The first-order chi connectivity index (χ1) is 12.1. The molecule has 0 radical (unpaired) electrons. The lowest BCUT2D eigenvalue weighted by Crippen LogP contribution is -2.24. The molecular weight excluding hydrogens is 364 g/mol. The average molecular weight is 379 g/mol. The van der Waals surface area contributed by atoms with Crippen LogP contribution in [-0.4, -0.2) is 28.7 Å². The van der Waals surface area contributed by atoms with E-state index in [0.29, 0.717) is 22.1 Å². The Morgan fingerprint density at radius 2 is 2.08 bits per heavy atom. The number of esters is 1. The largest absolute Gasteiger partial charge is 0.492 e. The number of rotatable bonds is 6. The molecule has 8 heteroatoms. The van der Waals surface area contributed by atoms with Gasteiger partial charge in [0.2, 0.25) is 0 Å². The van der Waals surface area contributed by atoms with E-state index < -0.39 is 5.97 Å². The van der Waals surface area contributed by atoms with Crippen LogP contribution in [0.25, 0.3) is 10.2 Å². The first-order valence-electron chi connectivity index (χ1n) is 7.62. The van der Waals surface area contributed by atoms with Crippen LogP contribution in [0.5, 0.6) is 5.75 Å². The number of halogens is 1. The molecule has 0 saturated carbocycles. The third kappa shape index (κ3) is 3.83. The maximum atomic E-state index is 12.7. The molecule has 0 bridgehead atoms. The summed E-state index contributed by atoms with van der Waals surface area (Å²) in [7, 11) is 0. The quantitative estimate of drug-likeness (QED) is 0.615. The fraction of sp³-hybridized carbons (Fsp3) is 0.235. The van der Waals surface area contributed by atoms with E-state index in [2.05, 4.69) is 4.98 Å². The summed E-state index contributed by atoms with van der Waals surface area (Å²) in [6.07, 6.45) is 1.46. The minimum Gasteiger partial charge on any atom is -0.492 e. The lowest BCUT2D eigenvalue weighted by Gasteiger charge is -2.08. The van der Waals surface area contributed by atoms with Crippen LogP contribution in [0.1, 0.15) is 17.3 Å². The second kappa shape index (κ2) is 7.67. The van der Waals surface area contributed by atoms with E-state index >= 15 is 0 Å². The topological polar surface area (TPSA) is 70.4 Å². The number of carbonyl (C=O) groups is 1. The average Bonchev–Trinajstić information content (AvgIpc) is 3.04. The fourth-order valence-corrected chi connectivity index (χ4v) is 3.27. The van der Waals surface area contributed by atoms with Crippen molar-refractivity contribution >= 4 is 39.1 Å². The summed E-state index contributed by atoms with van der Waals surface area (Å²) >= 11 is 7.07. The number of aromatic nitrogens is 2. The van der Waals surface area contributed by atoms with E-state index in [1.165, 1.54) is 22.2 Å². The highest BCUT2D eigenvalue weighted by Gasteiger charge is 2.18. The van der Waals surface area contributed by atoms with Crippen LogP contribution >= 0.6 is 22.9 Å². The van der Waals surface area contributed by atoms with Gasteiger partial charge in [-0.05, 0) is 31.2 Å². The van der Waals surface area contributed by atoms with Crippen molar-refractivity contribution in [1.82, 2.24) is 9.55 Å². The van der Waals surface area contributed by atoms with E-state index in [1.54, 1.807) is 36.6 Å². The molecule has 0 atom stereocenters. The van der Waals surface area contributed by atoms with Gasteiger partial charge in [0.25, 0.3) is 5.56 Å². The Labute approximate surface area is 152 Å². The van der Waals surface area contributed by atoms with Crippen molar-refractivity contribution in [3.05, 3.63) is 56.9 Å². The molecule has 0 aliphatic carbocycles. The molecule has 0 N–H and O–H groups in total. The van der Waals surface area contributed by atoms with Crippen LogP contribution in [0.4, 0.5) is 0 Å². The maximum absolute atomic E-state index is 12.7. The van der Waals surface area contributed by atoms with Crippen molar-refractivity contribution in [3.63, 3.8) is 0 Å². The summed E-state index contributed by atoms with van der Waals surface area (Å²) in [6.45, 7) is 2.56. The van der Waals surface area contributed by atoms with Gasteiger partial charge >= 0.3 is 5.97 Å². The van der Waals surface area contributed by atoms with Crippen LogP contribution in [0.2, 0.25) is 5.02 Å². The summed E-state index contributed by atoms with van der Waals surface area (Å²) in [4.78, 5) is 29.4. The van der Waals surface area contributed by atoms with Crippen LogP contribution in [-0.2, 0) is 11.3 Å². The number of ether oxygens (including phenoxy) is 2. The van der Waals surface area contributed by atoms with E-state index in [9.17, 15) is 9.59 Å². The molecule has 3 rings (SSSR count). The van der Waals surface area contributed by atoms with Crippen molar-refractivity contribution in [2.24, 2.45) is 0 Å². The molecule has 0 unspecified atom stereocenters. The third-order valence-electron chi connectivity index (χ3n) is 3.47. The number of thiophene rings is 1. The lowest BCUT2D eigenvalue weighted by molar-refractivity contribution is 0.0529. The van der Waals surface area contributed by atoms with Crippen LogP contribution in [0.15, 0.2) is 40.8 Å². The molecule has 0 aliphatic rings. The first kappa shape index (κ1) is 17.4. The molecule has 6 nitrogen and oxygen atoms in total. The smallest absolute Gasteiger partial charge is 0.339 e. The number of hydrogen-bond donors (Lipinski definition) is 0. The summed E-state index contributed by atoms with van der Waals surface area (Å²) < 4.78 is 12.0. The van der Waals surface area contributed by atoms with Crippen molar-refractivity contribution in [2.45, 2.75) is 13.5 Å². The maximum Gasteiger partial charge on any atom is 0.339 e. The van der Waals surface area contributed by atoms with Crippen molar-refractivity contribution in [3.8, 4) is 5.75 Å². The van der Waals surface area contributed by atoms with Gasteiger partial charge in [0, 0.05) is 10.4 Å². The van der Waals surface area contributed by atoms with Crippen molar-refractivity contribution in [2.75, 3.05) is 13.2 Å². The number of carbonyl (C=O) groups excluding carboxylic acids is 1. The first-order valence-corrected chi connectivity index (χ1v) is 8.88. The Bertz CT molecular complexity index is 949. The predicted molar refractivity (Wildman–Crippen MR) is 96.8 cm³/mol. The number of fused-ring (bicyclic) bond motifs is 1. The van der Waals surface area contributed by atoms with Gasteiger partial charge in [0.15, 0.2) is 0 Å². The molecule has 2 aromatic heterocycles. The molecule has 0 aliphatic heterocycles. The van der Waals surface area contributed by atoms with Gasteiger partial charge in [-0.1, -0.05) is 11.6 Å². The Balaban J connectivity index is 1.78. The van der Waals surface area contributed by atoms with E-state index in [1.807, 2.05) is 0 Å². The Morgan fingerprint density at radius 1 is 1.32 bits per heavy atom. The minimum absolute atomic E-state index is 0.250. The Kier molecular flexibility index (Phi) is 5.35. The van der Waals surface area contributed by atoms with Gasteiger partial charge in [-0.25, -0.2) is 9.78 Å². The van der Waals surface area contributed by atoms with E-state index in [-0.39, 0.29) is 29.7 Å². The fourth-order valence-electron chi connectivity index (χ4n) is 2.28. The molecule has 2 heterocycles. The van der Waals surface area contributed by atoms with Gasteiger partial charge in [0.05, 0.1) is 30.4 Å². The number of nitrogens with zero attached hydrogens (tertiary/aromatic N) is 2. The van der Waals surface area contributed by atoms with Gasteiger partial charge in [-0.2, -0.15) is 0 Å². The molecule has 0 amide bonds. The highest BCUT2D eigenvalue weighted by molar-refractivity contribution is 7.17. The van der Waals surface area contributed by atoms with Gasteiger partial charge in [-0.3, -0.25) is 9.36 Å². The third-order valence-corrected chi connectivity index (χ3v) is 4.61. The van der Waals surface area contributed by atoms with Gasteiger partial charge < -0.3 is 9.47 Å². The number of hydrogen-bond acceptors (Lipinski definition) is 6. The zero-order chi connectivity index (χ0) is 17.8. The second-order valence-corrected chi connectivity index (χ2v) is 6.39. The zero-order valence-electron chi connectivity index (χ0n) is 13.4. The molecule has 0 fully saturated rings. The normalized spacial score (nSPS) is 10.8. The molecular formula is C17H15ClN2O4S. The monoisotopic (exact) mass is 378 g/mol. The highest BCUT2D eigenvalue weighted by atomic mass is 35.5. The Hall–Kier alpha value is -2.38. The lowest BCUT2D eigenvalue weighted by atomic mass is 10.2. The summed E-state index contributed by atoms with van der Waals surface area (Å²) in [5.74, 6) is 0.150. The van der Waals surface area contributed by atoms with Crippen molar-refractivity contribution < 1.29 is 14.3 Å². The van der Waals surface area contributed by atoms with Gasteiger partial charge in [0.1, 0.15) is 17.2 Å². The summed E-state index contributed by atoms with van der Waals surface area (Å²) in [5, 5.41) is 2.52. The summed E-state index contributed by atoms with van der Waals surface area (Å²) in [6, 6.07) is 6.97. The molecule has 0 saturated heterocycles. The Morgan fingerprint density at radius 3 is 2.80 bits per heavy atom. The predicted octanol–water partition coefficient (Wildman–Crippen LogP) is 3.37. The molecule has 130 valence electrons. The molecule has 0 spiro atoms. The number of benzene rings is 1. The SMILES string of the molecule is CCOC(=O)c1csc2ncn(CCOc3ccc(Cl)cc3)c(=O)c12. The van der Waals surface area contributed by atoms with Crippen LogP contribution < -0.4 is 10.3 Å². The highest BCUT2D eigenvalue weighted by Crippen LogP contribution is 2.21. The van der Waals surface area contributed by atoms with E-state index in [4.69, 9.17) is 21.1 Å². The van der Waals surface area contributed by atoms with Gasteiger partial charge in [-0.15, -0.1) is 11.3 Å². The van der Waals surface area contributed by atoms with E-state index in [0.717, 1.165) is 0 Å². The van der Waals surface area contributed by atoms with Crippen molar-refractivity contribution in [1.29, 1.82) is 0 Å². The minimum atomic E-state index is -0.511. The molecule has 1 aromatic carbocycles. The molecule has 3 aromatic rings. The standard InChI is InChI=1S/C17H15ClN2O4S/c1-2-23-17(22)13-9-25-15-14(13)16(21)20(10-19-15)7-8-24-12-5-3-11(18)4-6-12/h3-6,9-10H,2,7-8H2,1H3.